The zero-order chi connectivity index (χ0) is 15.5. The normalized spacial score (nSPS) is 18.5. The number of methoxy groups -OCH3 is 1. The van der Waals surface area contributed by atoms with Gasteiger partial charge in [-0.2, -0.15) is 0 Å². The molecule has 0 saturated carbocycles. The topological polar surface area (TPSA) is 54.5 Å². The van der Waals surface area contributed by atoms with Crippen molar-refractivity contribution >= 4 is 32.6 Å². The first-order valence-electron chi connectivity index (χ1n) is 7.68. The molecular formula is C16H21N3O2S. The molecule has 3 rings (SSSR count). The molecule has 2 heterocycles. The number of carbonyl (C=O) groups is 1. The van der Waals surface area contributed by atoms with Crippen LogP contribution in [0.15, 0.2) is 18.2 Å². The van der Waals surface area contributed by atoms with E-state index in [1.54, 1.807) is 18.4 Å². The lowest BCUT2D eigenvalue weighted by Gasteiger charge is -2.31. The Morgan fingerprint density at radius 1 is 1.55 bits per heavy atom. The number of carbonyl (C=O) groups excluding carboxylic acids is 1. The van der Waals surface area contributed by atoms with Gasteiger partial charge in [-0.05, 0) is 38.0 Å². The third-order valence-electron chi connectivity index (χ3n) is 4.00. The van der Waals surface area contributed by atoms with E-state index in [1.807, 2.05) is 25.1 Å². The van der Waals surface area contributed by atoms with Gasteiger partial charge in [0.15, 0.2) is 5.13 Å². The SMILES string of the molecule is CCNC(=O)C1CCCN(c2nc3ccc(OC)cc3s2)C1. The molecule has 1 fully saturated rings. The number of hydrogen-bond donors (Lipinski definition) is 1. The minimum atomic E-state index is 0.0650. The second kappa shape index (κ2) is 6.52. The molecular weight excluding hydrogens is 298 g/mol. The summed E-state index contributed by atoms with van der Waals surface area (Å²) in [5.41, 5.74) is 0.987. The molecule has 1 aromatic carbocycles. The van der Waals surface area contributed by atoms with Crippen LogP contribution in [0.1, 0.15) is 19.8 Å². The third kappa shape index (κ3) is 3.02. The first-order chi connectivity index (χ1) is 10.7. The van der Waals surface area contributed by atoms with Crippen LogP contribution in [0.2, 0.25) is 0 Å². The van der Waals surface area contributed by atoms with Crippen LogP contribution in [0.3, 0.4) is 0 Å². The largest absolute Gasteiger partial charge is 0.497 e. The van der Waals surface area contributed by atoms with E-state index in [0.29, 0.717) is 6.54 Å². The predicted molar refractivity (Wildman–Crippen MR) is 89.8 cm³/mol. The summed E-state index contributed by atoms with van der Waals surface area (Å²) in [6, 6.07) is 5.93. The number of benzene rings is 1. The van der Waals surface area contributed by atoms with Crippen molar-refractivity contribution in [3.63, 3.8) is 0 Å². The van der Waals surface area contributed by atoms with Crippen LogP contribution in [0.5, 0.6) is 5.75 Å². The van der Waals surface area contributed by atoms with Gasteiger partial charge in [-0.15, -0.1) is 0 Å². The smallest absolute Gasteiger partial charge is 0.224 e. The number of thiazole rings is 1. The van der Waals surface area contributed by atoms with Gasteiger partial charge in [0.25, 0.3) is 0 Å². The molecule has 0 spiro atoms. The fourth-order valence-corrected chi connectivity index (χ4v) is 3.87. The van der Waals surface area contributed by atoms with Gasteiger partial charge in [-0.3, -0.25) is 4.79 Å². The Morgan fingerprint density at radius 3 is 3.18 bits per heavy atom. The van der Waals surface area contributed by atoms with Gasteiger partial charge in [-0.25, -0.2) is 4.98 Å². The van der Waals surface area contributed by atoms with Crippen molar-refractivity contribution < 1.29 is 9.53 Å². The summed E-state index contributed by atoms with van der Waals surface area (Å²) in [5.74, 6) is 1.08. The maximum Gasteiger partial charge on any atom is 0.224 e. The van der Waals surface area contributed by atoms with Crippen molar-refractivity contribution in [1.82, 2.24) is 10.3 Å². The lowest BCUT2D eigenvalue weighted by Crippen LogP contribution is -2.43. The number of ether oxygens (including phenoxy) is 1. The summed E-state index contributed by atoms with van der Waals surface area (Å²) < 4.78 is 6.38. The van der Waals surface area contributed by atoms with Crippen molar-refractivity contribution in [1.29, 1.82) is 0 Å². The number of amides is 1. The minimum Gasteiger partial charge on any atom is -0.497 e. The highest BCUT2D eigenvalue weighted by molar-refractivity contribution is 7.22. The third-order valence-corrected chi connectivity index (χ3v) is 5.08. The Morgan fingerprint density at radius 2 is 2.41 bits per heavy atom. The molecule has 1 unspecified atom stereocenters. The monoisotopic (exact) mass is 319 g/mol. The maximum atomic E-state index is 12.1. The van der Waals surface area contributed by atoms with Crippen LogP contribution in [-0.4, -0.2) is 37.6 Å². The van der Waals surface area contributed by atoms with Crippen LogP contribution in [0, 0.1) is 5.92 Å². The van der Waals surface area contributed by atoms with E-state index < -0.39 is 0 Å². The van der Waals surface area contributed by atoms with E-state index in [4.69, 9.17) is 9.72 Å². The second-order valence-corrected chi connectivity index (χ2v) is 6.52. The summed E-state index contributed by atoms with van der Waals surface area (Å²) in [5, 5.41) is 3.93. The molecule has 22 heavy (non-hydrogen) atoms. The Labute approximate surface area is 134 Å². The number of fused-ring (bicyclic) bond motifs is 1. The molecule has 0 aliphatic carbocycles. The van der Waals surface area contributed by atoms with Gasteiger partial charge in [0, 0.05) is 19.6 Å². The minimum absolute atomic E-state index is 0.0650. The molecule has 2 aromatic rings. The quantitative estimate of drug-likeness (QED) is 0.941. The van der Waals surface area contributed by atoms with Gasteiger partial charge in [0.2, 0.25) is 5.91 Å². The van der Waals surface area contributed by atoms with Gasteiger partial charge in [0.1, 0.15) is 5.75 Å². The molecule has 1 atom stereocenters. The Hall–Kier alpha value is -1.82. The highest BCUT2D eigenvalue weighted by atomic mass is 32.1. The van der Waals surface area contributed by atoms with Gasteiger partial charge in [-0.1, -0.05) is 11.3 Å². The van der Waals surface area contributed by atoms with Crippen molar-refractivity contribution in [2.75, 3.05) is 31.6 Å². The van der Waals surface area contributed by atoms with Crippen LogP contribution < -0.4 is 15.0 Å². The van der Waals surface area contributed by atoms with Crippen molar-refractivity contribution in [3.8, 4) is 5.75 Å². The number of nitrogens with zero attached hydrogens (tertiary/aromatic N) is 2. The maximum absolute atomic E-state index is 12.1. The highest BCUT2D eigenvalue weighted by Crippen LogP contribution is 2.33. The van der Waals surface area contributed by atoms with E-state index in [9.17, 15) is 4.79 Å². The highest BCUT2D eigenvalue weighted by Gasteiger charge is 2.27. The number of piperidine rings is 1. The first-order valence-corrected chi connectivity index (χ1v) is 8.50. The lowest BCUT2D eigenvalue weighted by atomic mass is 9.97. The second-order valence-electron chi connectivity index (χ2n) is 5.51. The summed E-state index contributed by atoms with van der Waals surface area (Å²) in [7, 11) is 1.67. The molecule has 1 N–H and O–H groups in total. The van der Waals surface area contributed by atoms with Crippen LogP contribution in [0.25, 0.3) is 10.2 Å². The average molecular weight is 319 g/mol. The van der Waals surface area contributed by atoms with E-state index >= 15 is 0 Å². The fraction of sp³-hybridized carbons (Fsp3) is 0.500. The first kappa shape index (κ1) is 15.1. The number of rotatable bonds is 4. The van der Waals surface area contributed by atoms with Crippen molar-refractivity contribution in [2.45, 2.75) is 19.8 Å². The molecule has 1 amide bonds. The molecule has 1 saturated heterocycles. The molecule has 1 aliphatic heterocycles. The Bertz CT molecular complexity index is 670. The van der Waals surface area contributed by atoms with E-state index in [1.165, 1.54) is 0 Å². The van der Waals surface area contributed by atoms with Gasteiger partial charge < -0.3 is 15.0 Å². The summed E-state index contributed by atoms with van der Waals surface area (Å²) in [6.07, 6.45) is 1.99. The van der Waals surface area contributed by atoms with Crippen molar-refractivity contribution in [3.05, 3.63) is 18.2 Å². The zero-order valence-electron chi connectivity index (χ0n) is 13.0. The molecule has 0 radical (unpaired) electrons. The van der Waals surface area contributed by atoms with E-state index in [-0.39, 0.29) is 11.8 Å². The standard InChI is InChI=1S/C16H21N3O2S/c1-3-17-15(20)11-5-4-8-19(10-11)16-18-13-7-6-12(21-2)9-14(13)22-16/h6-7,9,11H,3-5,8,10H2,1-2H3,(H,17,20). The number of nitrogens with one attached hydrogen (secondary N) is 1. The van der Waals surface area contributed by atoms with Crippen LogP contribution >= 0.6 is 11.3 Å². The lowest BCUT2D eigenvalue weighted by molar-refractivity contribution is -0.125. The van der Waals surface area contributed by atoms with Crippen LogP contribution in [0.4, 0.5) is 5.13 Å². The molecule has 1 aliphatic rings. The molecule has 0 bridgehead atoms. The van der Waals surface area contributed by atoms with Gasteiger partial charge >= 0.3 is 0 Å². The number of aromatic nitrogens is 1. The summed E-state index contributed by atoms with van der Waals surface area (Å²) >= 11 is 1.66. The molecule has 1 aromatic heterocycles. The fourth-order valence-electron chi connectivity index (χ4n) is 2.84. The van der Waals surface area contributed by atoms with Gasteiger partial charge in [0.05, 0.1) is 23.2 Å². The van der Waals surface area contributed by atoms with Crippen molar-refractivity contribution in [2.24, 2.45) is 5.92 Å². The number of anilines is 1. The van der Waals surface area contributed by atoms with E-state index in [2.05, 4.69) is 10.2 Å². The molecule has 5 nitrogen and oxygen atoms in total. The number of hydrogen-bond acceptors (Lipinski definition) is 5. The Kier molecular flexibility index (Phi) is 4.47. The molecule has 118 valence electrons. The van der Waals surface area contributed by atoms with E-state index in [0.717, 1.165) is 47.0 Å². The van der Waals surface area contributed by atoms with Crippen LogP contribution in [-0.2, 0) is 4.79 Å². The summed E-state index contributed by atoms with van der Waals surface area (Å²) in [4.78, 5) is 19.0. The Balaban J connectivity index is 1.79. The summed E-state index contributed by atoms with van der Waals surface area (Å²) in [6.45, 7) is 4.37. The molecule has 6 heteroatoms. The predicted octanol–water partition coefficient (Wildman–Crippen LogP) is 2.66. The average Bonchev–Trinajstić information content (AvgIpc) is 2.98. The zero-order valence-corrected chi connectivity index (χ0v) is 13.8.